The zero-order chi connectivity index (χ0) is 13.9. The molecule has 0 unspecified atom stereocenters. The van der Waals surface area contributed by atoms with Gasteiger partial charge < -0.3 is 10.4 Å². The van der Waals surface area contributed by atoms with Gasteiger partial charge >= 0.3 is 0 Å². The first-order valence-electron chi connectivity index (χ1n) is 7.36. The largest absolute Gasteiger partial charge is 0.396 e. The third kappa shape index (κ3) is 3.58. The molecule has 106 valence electrons. The van der Waals surface area contributed by atoms with Gasteiger partial charge in [-0.05, 0) is 54.3 Å². The summed E-state index contributed by atoms with van der Waals surface area (Å²) in [5.74, 6) is 0. The van der Waals surface area contributed by atoms with Crippen LogP contribution >= 0.6 is 0 Å². The fourth-order valence-electron chi connectivity index (χ4n) is 2.90. The number of hydrogen-bond donors (Lipinski definition) is 2. The molecule has 1 heterocycles. The minimum atomic E-state index is 0.0918. The lowest BCUT2D eigenvalue weighted by Crippen LogP contribution is -2.40. The van der Waals surface area contributed by atoms with Gasteiger partial charge in [0.25, 0.3) is 0 Å². The van der Waals surface area contributed by atoms with Crippen LogP contribution in [0.3, 0.4) is 0 Å². The fraction of sp³-hybridized carbons (Fsp3) is 0.647. The van der Waals surface area contributed by atoms with Gasteiger partial charge in [0.05, 0.1) is 0 Å². The summed E-state index contributed by atoms with van der Waals surface area (Å²) in [6.45, 7) is 9.08. The molecule has 19 heavy (non-hydrogen) atoms. The van der Waals surface area contributed by atoms with Gasteiger partial charge in [-0.2, -0.15) is 0 Å². The molecule has 0 amide bonds. The molecule has 1 saturated heterocycles. The van der Waals surface area contributed by atoms with E-state index in [4.69, 9.17) is 0 Å². The van der Waals surface area contributed by atoms with Gasteiger partial charge in [0.15, 0.2) is 0 Å². The average molecular weight is 261 g/mol. The molecule has 2 heteroatoms. The highest BCUT2D eigenvalue weighted by Crippen LogP contribution is 2.33. The molecule has 0 saturated carbocycles. The van der Waals surface area contributed by atoms with Crippen molar-refractivity contribution in [1.29, 1.82) is 0 Å². The van der Waals surface area contributed by atoms with Crippen molar-refractivity contribution in [1.82, 2.24) is 5.32 Å². The van der Waals surface area contributed by atoms with Crippen molar-refractivity contribution < 1.29 is 5.11 Å². The minimum absolute atomic E-state index is 0.0918. The van der Waals surface area contributed by atoms with Crippen LogP contribution in [0.25, 0.3) is 0 Å². The van der Waals surface area contributed by atoms with Crippen LogP contribution in [0.1, 0.15) is 44.7 Å². The SMILES string of the molecule is CC(C)(C)c1ccc(CC2(CO)CCNCC2)cc1. The molecule has 0 radical (unpaired) electrons. The van der Waals surface area contributed by atoms with Gasteiger partial charge in [-0.15, -0.1) is 0 Å². The molecule has 1 aliphatic heterocycles. The monoisotopic (exact) mass is 261 g/mol. The summed E-state index contributed by atoms with van der Waals surface area (Å²) >= 11 is 0. The number of piperidine rings is 1. The Bertz CT molecular complexity index is 396. The molecule has 1 aromatic rings. The van der Waals surface area contributed by atoms with E-state index in [0.29, 0.717) is 6.61 Å². The van der Waals surface area contributed by atoms with Crippen molar-refractivity contribution in [3.8, 4) is 0 Å². The van der Waals surface area contributed by atoms with Gasteiger partial charge in [-0.3, -0.25) is 0 Å². The maximum absolute atomic E-state index is 9.76. The van der Waals surface area contributed by atoms with E-state index in [0.717, 1.165) is 32.4 Å². The lowest BCUT2D eigenvalue weighted by Gasteiger charge is -2.36. The van der Waals surface area contributed by atoms with E-state index < -0.39 is 0 Å². The third-order valence-corrected chi connectivity index (χ3v) is 4.40. The number of rotatable bonds is 3. The van der Waals surface area contributed by atoms with Gasteiger partial charge in [0, 0.05) is 6.61 Å². The van der Waals surface area contributed by atoms with Gasteiger partial charge in [0.2, 0.25) is 0 Å². The molecule has 0 bridgehead atoms. The summed E-state index contributed by atoms with van der Waals surface area (Å²) in [7, 11) is 0. The number of aliphatic hydroxyl groups is 1. The molecule has 2 N–H and O–H groups in total. The summed E-state index contributed by atoms with van der Waals surface area (Å²) < 4.78 is 0. The number of hydrogen-bond acceptors (Lipinski definition) is 2. The number of benzene rings is 1. The van der Waals surface area contributed by atoms with Crippen LogP contribution in [0.2, 0.25) is 0 Å². The maximum atomic E-state index is 9.76. The number of nitrogens with one attached hydrogen (secondary N) is 1. The summed E-state index contributed by atoms with van der Waals surface area (Å²) in [5.41, 5.74) is 3.03. The Morgan fingerprint density at radius 1 is 1.11 bits per heavy atom. The molecule has 0 aromatic heterocycles. The minimum Gasteiger partial charge on any atom is -0.396 e. The Morgan fingerprint density at radius 3 is 2.16 bits per heavy atom. The van der Waals surface area contributed by atoms with Crippen molar-refractivity contribution in [2.24, 2.45) is 5.41 Å². The van der Waals surface area contributed by atoms with Crippen molar-refractivity contribution in [2.75, 3.05) is 19.7 Å². The summed E-state index contributed by atoms with van der Waals surface area (Å²) in [4.78, 5) is 0. The molecule has 1 aliphatic rings. The maximum Gasteiger partial charge on any atom is 0.0491 e. The standard InChI is InChI=1S/C17H27NO/c1-16(2,3)15-6-4-14(5-7-15)12-17(13-19)8-10-18-11-9-17/h4-7,18-19H,8-13H2,1-3H3. The Morgan fingerprint density at radius 2 is 1.68 bits per heavy atom. The molecular formula is C17H27NO. The fourth-order valence-corrected chi connectivity index (χ4v) is 2.90. The molecule has 1 fully saturated rings. The van der Waals surface area contributed by atoms with Crippen LogP contribution in [-0.2, 0) is 11.8 Å². The third-order valence-electron chi connectivity index (χ3n) is 4.40. The molecule has 0 atom stereocenters. The van der Waals surface area contributed by atoms with Gasteiger partial charge in [-0.25, -0.2) is 0 Å². The first-order chi connectivity index (χ1) is 8.95. The highest BCUT2D eigenvalue weighted by Gasteiger charge is 2.31. The van der Waals surface area contributed by atoms with E-state index in [2.05, 4.69) is 50.4 Å². The zero-order valence-electron chi connectivity index (χ0n) is 12.5. The second kappa shape index (κ2) is 5.64. The van der Waals surface area contributed by atoms with Crippen molar-refractivity contribution in [2.45, 2.75) is 45.4 Å². The lowest BCUT2D eigenvalue weighted by atomic mass is 9.74. The Kier molecular flexibility index (Phi) is 4.32. The smallest absolute Gasteiger partial charge is 0.0491 e. The van der Waals surface area contributed by atoms with Crippen LogP contribution < -0.4 is 5.32 Å². The Balaban J connectivity index is 2.10. The second-order valence-electron chi connectivity index (χ2n) is 7.03. The topological polar surface area (TPSA) is 32.3 Å². The van der Waals surface area contributed by atoms with Crippen LogP contribution in [0, 0.1) is 5.41 Å². The Labute approximate surface area is 117 Å². The van der Waals surface area contributed by atoms with E-state index in [1.807, 2.05) is 0 Å². The average Bonchev–Trinajstić information content (AvgIpc) is 2.39. The first kappa shape index (κ1) is 14.5. The van der Waals surface area contributed by atoms with E-state index in [1.165, 1.54) is 11.1 Å². The van der Waals surface area contributed by atoms with Crippen molar-refractivity contribution in [3.05, 3.63) is 35.4 Å². The van der Waals surface area contributed by atoms with Crippen molar-refractivity contribution >= 4 is 0 Å². The Hall–Kier alpha value is -0.860. The van der Waals surface area contributed by atoms with E-state index >= 15 is 0 Å². The molecule has 0 aliphatic carbocycles. The summed E-state index contributed by atoms with van der Waals surface area (Å²) in [6.07, 6.45) is 3.14. The van der Waals surface area contributed by atoms with Gasteiger partial charge in [-0.1, -0.05) is 45.0 Å². The highest BCUT2D eigenvalue weighted by atomic mass is 16.3. The predicted molar refractivity (Wildman–Crippen MR) is 80.5 cm³/mol. The highest BCUT2D eigenvalue weighted by molar-refractivity contribution is 5.28. The molecule has 2 nitrogen and oxygen atoms in total. The quantitative estimate of drug-likeness (QED) is 0.877. The van der Waals surface area contributed by atoms with Crippen LogP contribution in [0.15, 0.2) is 24.3 Å². The summed E-state index contributed by atoms with van der Waals surface area (Å²) in [6, 6.07) is 8.95. The summed E-state index contributed by atoms with van der Waals surface area (Å²) in [5, 5.41) is 13.1. The van der Waals surface area contributed by atoms with E-state index in [-0.39, 0.29) is 10.8 Å². The van der Waals surface area contributed by atoms with Crippen LogP contribution in [0.5, 0.6) is 0 Å². The predicted octanol–water partition coefficient (Wildman–Crippen LogP) is 2.89. The van der Waals surface area contributed by atoms with Crippen LogP contribution in [0.4, 0.5) is 0 Å². The normalized spacial score (nSPS) is 19.4. The molecule has 0 spiro atoms. The lowest BCUT2D eigenvalue weighted by molar-refractivity contribution is 0.0893. The molecule has 1 aromatic carbocycles. The second-order valence-corrected chi connectivity index (χ2v) is 7.03. The first-order valence-corrected chi connectivity index (χ1v) is 7.36. The zero-order valence-corrected chi connectivity index (χ0v) is 12.5. The number of aliphatic hydroxyl groups excluding tert-OH is 1. The van der Waals surface area contributed by atoms with Gasteiger partial charge in [0.1, 0.15) is 0 Å². The molecule has 2 rings (SSSR count). The van der Waals surface area contributed by atoms with Crippen LogP contribution in [-0.4, -0.2) is 24.8 Å². The molecular weight excluding hydrogens is 234 g/mol. The van der Waals surface area contributed by atoms with E-state index in [1.54, 1.807) is 0 Å². The van der Waals surface area contributed by atoms with Crippen molar-refractivity contribution in [3.63, 3.8) is 0 Å². The van der Waals surface area contributed by atoms with E-state index in [9.17, 15) is 5.11 Å².